The zero-order valence-electron chi connectivity index (χ0n) is 10.8. The fourth-order valence-corrected chi connectivity index (χ4v) is 3.41. The van der Waals surface area contributed by atoms with E-state index < -0.39 is 10.0 Å². The van der Waals surface area contributed by atoms with E-state index in [2.05, 4.69) is 23.9 Å². The number of rotatable bonds is 4. The van der Waals surface area contributed by atoms with Crippen LogP contribution in [0.5, 0.6) is 0 Å². The number of benzene rings is 1. The summed E-state index contributed by atoms with van der Waals surface area (Å²) in [5, 5.41) is 3.15. The van der Waals surface area contributed by atoms with E-state index in [1.165, 1.54) is 0 Å². The molecule has 1 aliphatic heterocycles. The molecule has 2 N–H and O–H groups in total. The van der Waals surface area contributed by atoms with E-state index in [-0.39, 0.29) is 6.04 Å². The molecule has 1 fully saturated rings. The second-order valence-electron chi connectivity index (χ2n) is 5.04. The highest BCUT2D eigenvalue weighted by Crippen LogP contribution is 2.19. The third-order valence-electron chi connectivity index (χ3n) is 3.22. The fraction of sp³-hybridized carbons (Fsp3) is 0.538. The lowest BCUT2D eigenvalue weighted by Crippen LogP contribution is -2.36. The van der Waals surface area contributed by atoms with Crippen LogP contribution in [0.25, 0.3) is 0 Å². The van der Waals surface area contributed by atoms with E-state index in [0.29, 0.717) is 17.4 Å². The van der Waals surface area contributed by atoms with Crippen LogP contribution in [-0.4, -0.2) is 27.5 Å². The minimum atomic E-state index is -3.39. The number of hydrogen-bond acceptors (Lipinski definition) is 3. The van der Waals surface area contributed by atoms with Gasteiger partial charge < -0.3 is 5.32 Å². The van der Waals surface area contributed by atoms with Gasteiger partial charge in [-0.3, -0.25) is 0 Å². The molecule has 0 spiro atoms. The summed E-state index contributed by atoms with van der Waals surface area (Å²) in [5.41, 5.74) is 1.04. The first-order valence-corrected chi connectivity index (χ1v) is 7.80. The van der Waals surface area contributed by atoms with Crippen molar-refractivity contribution < 1.29 is 8.42 Å². The summed E-state index contributed by atoms with van der Waals surface area (Å²) < 4.78 is 27.2. The molecule has 1 atom stereocenters. The van der Waals surface area contributed by atoms with Crippen LogP contribution >= 0.6 is 0 Å². The third kappa shape index (κ3) is 3.10. The van der Waals surface area contributed by atoms with E-state index in [9.17, 15) is 8.42 Å². The maximum atomic E-state index is 12.2. The molecule has 1 aliphatic rings. The van der Waals surface area contributed by atoms with Crippen LogP contribution in [0.15, 0.2) is 29.2 Å². The lowest BCUT2D eigenvalue weighted by atomic mass is 10.0. The van der Waals surface area contributed by atoms with Crippen LogP contribution in [0.2, 0.25) is 0 Å². The molecule has 18 heavy (non-hydrogen) atoms. The van der Waals surface area contributed by atoms with E-state index in [4.69, 9.17) is 0 Å². The van der Waals surface area contributed by atoms with Crippen LogP contribution < -0.4 is 10.0 Å². The predicted molar refractivity (Wildman–Crippen MR) is 72.1 cm³/mol. The molecule has 1 unspecified atom stereocenters. The third-order valence-corrected chi connectivity index (χ3v) is 4.74. The molecule has 1 saturated heterocycles. The van der Waals surface area contributed by atoms with Crippen molar-refractivity contribution in [2.75, 3.05) is 13.1 Å². The van der Waals surface area contributed by atoms with Crippen LogP contribution in [0.1, 0.15) is 31.7 Å². The fourth-order valence-electron chi connectivity index (χ4n) is 2.08. The van der Waals surface area contributed by atoms with Gasteiger partial charge in [-0.25, -0.2) is 13.1 Å². The first kappa shape index (κ1) is 13.5. The van der Waals surface area contributed by atoms with Gasteiger partial charge >= 0.3 is 0 Å². The van der Waals surface area contributed by atoms with Gasteiger partial charge in [0.2, 0.25) is 10.0 Å². The second kappa shape index (κ2) is 5.38. The van der Waals surface area contributed by atoms with Crippen LogP contribution in [-0.2, 0) is 10.0 Å². The molecule has 1 aromatic carbocycles. The minimum absolute atomic E-state index is 0.0118. The van der Waals surface area contributed by atoms with Crippen LogP contribution in [0.4, 0.5) is 0 Å². The van der Waals surface area contributed by atoms with Gasteiger partial charge in [0, 0.05) is 12.6 Å². The maximum Gasteiger partial charge on any atom is 0.240 e. The Bertz CT molecular complexity index is 505. The van der Waals surface area contributed by atoms with Crippen molar-refractivity contribution in [3.8, 4) is 0 Å². The molecule has 0 saturated carbocycles. The summed E-state index contributed by atoms with van der Waals surface area (Å²) in [7, 11) is -3.39. The summed E-state index contributed by atoms with van der Waals surface area (Å²) in [6.07, 6.45) is 0.850. The minimum Gasteiger partial charge on any atom is -0.315 e. The Hall–Kier alpha value is -0.910. The molecule has 0 amide bonds. The van der Waals surface area contributed by atoms with Crippen molar-refractivity contribution in [3.05, 3.63) is 29.8 Å². The van der Waals surface area contributed by atoms with E-state index in [0.717, 1.165) is 18.5 Å². The first-order chi connectivity index (χ1) is 8.49. The van der Waals surface area contributed by atoms with E-state index in [1.807, 2.05) is 6.07 Å². The zero-order valence-corrected chi connectivity index (χ0v) is 11.6. The van der Waals surface area contributed by atoms with Gasteiger partial charge in [0.15, 0.2) is 0 Å². The zero-order chi connectivity index (χ0) is 13.2. The Morgan fingerprint density at radius 2 is 2.17 bits per heavy atom. The lowest BCUT2D eigenvalue weighted by Gasteiger charge is -2.13. The maximum absolute atomic E-state index is 12.2. The molecular weight excluding hydrogens is 248 g/mol. The Labute approximate surface area is 109 Å². The Morgan fingerprint density at radius 3 is 2.78 bits per heavy atom. The van der Waals surface area contributed by atoms with Gasteiger partial charge in [-0.1, -0.05) is 26.0 Å². The summed E-state index contributed by atoms with van der Waals surface area (Å²) >= 11 is 0. The summed E-state index contributed by atoms with van der Waals surface area (Å²) in [4.78, 5) is 0.362. The van der Waals surface area contributed by atoms with Crippen LogP contribution in [0.3, 0.4) is 0 Å². The highest BCUT2D eigenvalue weighted by molar-refractivity contribution is 7.89. The van der Waals surface area contributed by atoms with Gasteiger partial charge in [0.05, 0.1) is 4.90 Å². The van der Waals surface area contributed by atoms with Gasteiger partial charge in [-0.05, 0) is 36.6 Å². The van der Waals surface area contributed by atoms with Gasteiger partial charge in [-0.2, -0.15) is 0 Å². The number of sulfonamides is 1. The molecule has 5 heteroatoms. The van der Waals surface area contributed by atoms with Gasteiger partial charge in [0.1, 0.15) is 0 Å². The molecular formula is C13H20N2O2S. The Morgan fingerprint density at radius 1 is 1.39 bits per heavy atom. The van der Waals surface area contributed by atoms with Crippen molar-refractivity contribution in [3.63, 3.8) is 0 Å². The quantitative estimate of drug-likeness (QED) is 0.869. The van der Waals surface area contributed by atoms with Crippen molar-refractivity contribution in [2.45, 2.75) is 37.1 Å². The molecule has 4 nitrogen and oxygen atoms in total. The topological polar surface area (TPSA) is 58.2 Å². The molecule has 2 rings (SSSR count). The van der Waals surface area contributed by atoms with Gasteiger partial charge in [0.25, 0.3) is 0 Å². The van der Waals surface area contributed by atoms with Gasteiger partial charge in [-0.15, -0.1) is 0 Å². The highest BCUT2D eigenvalue weighted by atomic mass is 32.2. The molecule has 100 valence electrons. The molecule has 0 aromatic heterocycles. The first-order valence-electron chi connectivity index (χ1n) is 6.32. The number of hydrogen-bond donors (Lipinski definition) is 2. The van der Waals surface area contributed by atoms with Crippen LogP contribution in [0, 0.1) is 0 Å². The average Bonchev–Trinajstić information content (AvgIpc) is 2.81. The van der Waals surface area contributed by atoms with E-state index in [1.54, 1.807) is 18.2 Å². The average molecular weight is 268 g/mol. The normalized spacial score (nSPS) is 20.5. The summed E-state index contributed by atoms with van der Waals surface area (Å²) in [6.45, 7) is 5.70. The standard InChI is InChI=1S/C13H20N2O2S/c1-10(2)11-4-3-5-13(8-11)18(16,17)15-12-6-7-14-9-12/h3-5,8,10,12,14-15H,6-7,9H2,1-2H3. The Kier molecular flexibility index (Phi) is 4.04. The molecule has 0 bridgehead atoms. The van der Waals surface area contributed by atoms with Crippen molar-refractivity contribution in [1.82, 2.24) is 10.0 Å². The largest absolute Gasteiger partial charge is 0.315 e. The highest BCUT2D eigenvalue weighted by Gasteiger charge is 2.22. The molecule has 1 aromatic rings. The smallest absolute Gasteiger partial charge is 0.240 e. The second-order valence-corrected chi connectivity index (χ2v) is 6.75. The van der Waals surface area contributed by atoms with Crippen molar-refractivity contribution in [1.29, 1.82) is 0 Å². The Balaban J connectivity index is 2.20. The van der Waals surface area contributed by atoms with Crippen molar-refractivity contribution >= 4 is 10.0 Å². The summed E-state index contributed by atoms with van der Waals surface area (Å²) in [5.74, 6) is 0.327. The SMILES string of the molecule is CC(C)c1cccc(S(=O)(=O)NC2CCNC2)c1. The molecule has 0 radical (unpaired) electrons. The molecule has 0 aliphatic carbocycles. The van der Waals surface area contributed by atoms with E-state index >= 15 is 0 Å². The lowest BCUT2D eigenvalue weighted by molar-refractivity contribution is 0.560. The number of nitrogens with one attached hydrogen (secondary N) is 2. The monoisotopic (exact) mass is 268 g/mol. The summed E-state index contributed by atoms with van der Waals surface area (Å²) in [6, 6.07) is 7.18. The predicted octanol–water partition coefficient (Wildman–Crippen LogP) is 1.45. The van der Waals surface area contributed by atoms with Crippen molar-refractivity contribution in [2.24, 2.45) is 0 Å². The molecule has 1 heterocycles.